The van der Waals surface area contributed by atoms with E-state index < -0.39 is 0 Å². The van der Waals surface area contributed by atoms with Gasteiger partial charge in [-0.2, -0.15) is 0 Å². The van der Waals surface area contributed by atoms with Crippen molar-refractivity contribution in [1.82, 2.24) is 4.98 Å². The molecule has 2 aromatic rings. The van der Waals surface area contributed by atoms with Gasteiger partial charge >= 0.3 is 0 Å². The second-order valence-corrected chi connectivity index (χ2v) is 4.60. The SMILES string of the molecule is O=C(Nc1ccnc(Cl)c1)c1ccc(CBr)cc1. The molecule has 1 amide bonds. The molecule has 0 aliphatic heterocycles. The van der Waals surface area contributed by atoms with Gasteiger partial charge in [0.05, 0.1) is 0 Å². The number of benzene rings is 1. The lowest BCUT2D eigenvalue weighted by Crippen LogP contribution is -2.11. The maximum Gasteiger partial charge on any atom is 0.255 e. The summed E-state index contributed by atoms with van der Waals surface area (Å²) in [4.78, 5) is 15.8. The number of rotatable bonds is 3. The zero-order valence-corrected chi connectivity index (χ0v) is 11.7. The highest BCUT2D eigenvalue weighted by Crippen LogP contribution is 2.14. The molecule has 1 heterocycles. The number of carbonyl (C=O) groups is 1. The normalized spacial score (nSPS) is 10.1. The van der Waals surface area contributed by atoms with Crippen LogP contribution in [0.25, 0.3) is 0 Å². The van der Waals surface area contributed by atoms with Crippen LogP contribution < -0.4 is 5.32 Å². The van der Waals surface area contributed by atoms with Crippen LogP contribution in [-0.4, -0.2) is 10.9 Å². The first-order valence-electron chi connectivity index (χ1n) is 5.27. The van der Waals surface area contributed by atoms with E-state index in [1.165, 1.54) is 0 Å². The van der Waals surface area contributed by atoms with Crippen LogP contribution in [0.4, 0.5) is 5.69 Å². The summed E-state index contributed by atoms with van der Waals surface area (Å²) >= 11 is 9.10. The Balaban J connectivity index is 2.11. The molecule has 92 valence electrons. The van der Waals surface area contributed by atoms with E-state index in [-0.39, 0.29) is 5.91 Å². The van der Waals surface area contributed by atoms with Crippen LogP contribution in [0.1, 0.15) is 15.9 Å². The number of pyridine rings is 1. The van der Waals surface area contributed by atoms with Gasteiger partial charge < -0.3 is 5.32 Å². The van der Waals surface area contributed by atoms with E-state index in [0.29, 0.717) is 16.4 Å². The summed E-state index contributed by atoms with van der Waals surface area (Å²) in [6.45, 7) is 0. The minimum absolute atomic E-state index is 0.168. The summed E-state index contributed by atoms with van der Waals surface area (Å²) in [5, 5.41) is 3.88. The molecule has 0 saturated carbocycles. The quantitative estimate of drug-likeness (QED) is 0.687. The number of aromatic nitrogens is 1. The Labute approximate surface area is 118 Å². The number of nitrogens with one attached hydrogen (secondary N) is 1. The van der Waals surface area contributed by atoms with Crippen molar-refractivity contribution in [2.45, 2.75) is 5.33 Å². The summed E-state index contributed by atoms with van der Waals surface area (Å²) < 4.78 is 0. The Morgan fingerprint density at radius 3 is 2.61 bits per heavy atom. The summed E-state index contributed by atoms with van der Waals surface area (Å²) in [6, 6.07) is 10.7. The van der Waals surface area contributed by atoms with Crippen LogP contribution in [-0.2, 0) is 5.33 Å². The second kappa shape index (κ2) is 5.98. The molecule has 1 aromatic carbocycles. The summed E-state index contributed by atoms with van der Waals surface area (Å²) in [6.07, 6.45) is 1.55. The fraction of sp³-hybridized carbons (Fsp3) is 0.0769. The minimum Gasteiger partial charge on any atom is -0.322 e. The smallest absolute Gasteiger partial charge is 0.255 e. The van der Waals surface area contributed by atoms with Crippen LogP contribution in [0.3, 0.4) is 0 Å². The fourth-order valence-corrected chi connectivity index (χ4v) is 1.98. The molecule has 0 spiro atoms. The van der Waals surface area contributed by atoms with E-state index >= 15 is 0 Å². The van der Waals surface area contributed by atoms with Gasteiger partial charge in [0.2, 0.25) is 0 Å². The van der Waals surface area contributed by atoms with Crippen molar-refractivity contribution >= 4 is 39.1 Å². The van der Waals surface area contributed by atoms with Gasteiger partial charge in [0.15, 0.2) is 0 Å². The van der Waals surface area contributed by atoms with Crippen LogP contribution in [0.5, 0.6) is 0 Å². The number of hydrogen-bond donors (Lipinski definition) is 1. The van der Waals surface area contributed by atoms with Crippen molar-refractivity contribution in [3.63, 3.8) is 0 Å². The Bertz CT molecular complexity index is 557. The molecule has 0 aliphatic rings. The van der Waals surface area contributed by atoms with Crippen molar-refractivity contribution in [3.8, 4) is 0 Å². The van der Waals surface area contributed by atoms with Crippen molar-refractivity contribution in [2.24, 2.45) is 0 Å². The topological polar surface area (TPSA) is 42.0 Å². The molecule has 1 N–H and O–H groups in total. The van der Waals surface area contributed by atoms with E-state index in [9.17, 15) is 4.79 Å². The molecule has 0 radical (unpaired) electrons. The third kappa shape index (κ3) is 3.31. The number of carbonyl (C=O) groups excluding carboxylic acids is 1. The zero-order valence-electron chi connectivity index (χ0n) is 9.36. The number of hydrogen-bond acceptors (Lipinski definition) is 2. The zero-order chi connectivity index (χ0) is 13.0. The molecule has 0 saturated heterocycles. The standard InChI is InChI=1S/C13H10BrClN2O/c14-8-9-1-3-10(4-2-9)13(18)17-11-5-6-16-12(15)7-11/h1-7H,8H2,(H,16,17,18). The maximum absolute atomic E-state index is 11.9. The molecule has 0 atom stereocenters. The van der Waals surface area contributed by atoms with E-state index in [0.717, 1.165) is 10.9 Å². The minimum atomic E-state index is -0.168. The monoisotopic (exact) mass is 324 g/mol. The average Bonchev–Trinajstić information content (AvgIpc) is 2.39. The maximum atomic E-state index is 11.9. The van der Waals surface area contributed by atoms with E-state index in [1.54, 1.807) is 30.5 Å². The first-order valence-corrected chi connectivity index (χ1v) is 6.77. The van der Waals surface area contributed by atoms with Gasteiger partial charge in [-0.25, -0.2) is 4.98 Å². The van der Waals surface area contributed by atoms with Gasteiger partial charge in [-0.1, -0.05) is 39.7 Å². The van der Waals surface area contributed by atoms with Crippen molar-refractivity contribution in [3.05, 3.63) is 58.9 Å². The molecule has 0 fully saturated rings. The number of amides is 1. The molecule has 0 aliphatic carbocycles. The van der Waals surface area contributed by atoms with Crippen molar-refractivity contribution in [2.75, 3.05) is 5.32 Å². The average molecular weight is 326 g/mol. The largest absolute Gasteiger partial charge is 0.322 e. The third-order valence-electron chi connectivity index (χ3n) is 2.35. The molecule has 5 heteroatoms. The lowest BCUT2D eigenvalue weighted by molar-refractivity contribution is 0.102. The molecule has 0 unspecified atom stereocenters. The molecule has 1 aromatic heterocycles. The van der Waals surface area contributed by atoms with Gasteiger partial charge in [-0.3, -0.25) is 4.79 Å². The van der Waals surface area contributed by atoms with Crippen LogP contribution in [0.15, 0.2) is 42.6 Å². The van der Waals surface area contributed by atoms with Crippen LogP contribution >= 0.6 is 27.5 Å². The van der Waals surface area contributed by atoms with Crippen LogP contribution in [0.2, 0.25) is 5.15 Å². The Hall–Kier alpha value is -1.39. The molecule has 0 bridgehead atoms. The van der Waals surface area contributed by atoms with Crippen molar-refractivity contribution in [1.29, 1.82) is 0 Å². The third-order valence-corrected chi connectivity index (χ3v) is 3.21. The lowest BCUT2D eigenvalue weighted by atomic mass is 10.1. The number of halogens is 2. The van der Waals surface area contributed by atoms with Gasteiger partial charge in [0.1, 0.15) is 5.15 Å². The summed E-state index contributed by atoms with van der Waals surface area (Å²) in [5.74, 6) is -0.168. The molecule has 18 heavy (non-hydrogen) atoms. The number of alkyl halides is 1. The van der Waals surface area contributed by atoms with Gasteiger partial charge in [-0.05, 0) is 29.8 Å². The van der Waals surface area contributed by atoms with E-state index in [4.69, 9.17) is 11.6 Å². The van der Waals surface area contributed by atoms with Crippen molar-refractivity contribution < 1.29 is 4.79 Å². The first kappa shape index (κ1) is 13.1. The highest BCUT2D eigenvalue weighted by atomic mass is 79.9. The predicted molar refractivity (Wildman–Crippen MR) is 76.3 cm³/mol. The molecule has 2 rings (SSSR count). The van der Waals surface area contributed by atoms with E-state index in [1.807, 2.05) is 12.1 Å². The van der Waals surface area contributed by atoms with Gasteiger partial charge in [0, 0.05) is 22.8 Å². The Kier molecular flexibility index (Phi) is 4.33. The first-order chi connectivity index (χ1) is 8.69. The van der Waals surface area contributed by atoms with E-state index in [2.05, 4.69) is 26.2 Å². The summed E-state index contributed by atoms with van der Waals surface area (Å²) in [5.41, 5.74) is 2.36. The van der Waals surface area contributed by atoms with Crippen LogP contribution in [0, 0.1) is 0 Å². The predicted octanol–water partition coefficient (Wildman–Crippen LogP) is 3.88. The summed E-state index contributed by atoms with van der Waals surface area (Å²) in [7, 11) is 0. The second-order valence-electron chi connectivity index (χ2n) is 3.65. The van der Waals surface area contributed by atoms with Gasteiger partial charge in [0.25, 0.3) is 5.91 Å². The number of anilines is 1. The molecular weight excluding hydrogens is 316 g/mol. The number of nitrogens with zero attached hydrogens (tertiary/aromatic N) is 1. The Morgan fingerprint density at radius 1 is 1.28 bits per heavy atom. The highest BCUT2D eigenvalue weighted by molar-refractivity contribution is 9.08. The fourth-order valence-electron chi connectivity index (χ4n) is 1.43. The lowest BCUT2D eigenvalue weighted by Gasteiger charge is -2.05. The molecular formula is C13H10BrClN2O. The molecule has 3 nitrogen and oxygen atoms in total. The van der Waals surface area contributed by atoms with Gasteiger partial charge in [-0.15, -0.1) is 0 Å². The Morgan fingerprint density at radius 2 is 2.00 bits per heavy atom. The highest BCUT2D eigenvalue weighted by Gasteiger charge is 2.06.